The van der Waals surface area contributed by atoms with Crippen LogP contribution in [0, 0.1) is 0 Å². The summed E-state index contributed by atoms with van der Waals surface area (Å²) in [5, 5.41) is 7.33. The number of hydrogen-bond acceptors (Lipinski definition) is 3. The summed E-state index contributed by atoms with van der Waals surface area (Å²) in [6.07, 6.45) is 10.4. The van der Waals surface area contributed by atoms with Crippen molar-refractivity contribution < 1.29 is 8.83 Å². The normalized spacial score (nSPS) is 18.6. The van der Waals surface area contributed by atoms with Crippen molar-refractivity contribution in [2.45, 2.75) is 44.6 Å². The van der Waals surface area contributed by atoms with Crippen LogP contribution in [0.25, 0.3) is 71.3 Å². The van der Waals surface area contributed by atoms with Crippen LogP contribution in [0.3, 0.4) is 0 Å². The number of nitrogens with zero attached hydrogens (tertiary/aromatic N) is 1. The Morgan fingerprint density at radius 1 is 0.654 bits per heavy atom. The Hall–Kier alpha value is -6.06. The summed E-state index contributed by atoms with van der Waals surface area (Å²) in [4.78, 5) is 2.62. The first-order valence-corrected chi connectivity index (χ1v) is 18.6. The van der Waals surface area contributed by atoms with E-state index >= 15 is 0 Å². The van der Waals surface area contributed by atoms with E-state index in [0.717, 1.165) is 41.6 Å². The van der Waals surface area contributed by atoms with Crippen LogP contribution in [0.1, 0.15) is 44.2 Å². The Labute approximate surface area is 301 Å². The predicted octanol–water partition coefficient (Wildman–Crippen LogP) is 13.2. The third-order valence-corrected chi connectivity index (χ3v) is 12.4. The van der Waals surface area contributed by atoms with Crippen LogP contribution < -0.4 is 4.90 Å². The molecule has 0 amide bonds. The molecule has 2 aromatic heterocycles. The zero-order valence-corrected chi connectivity index (χ0v) is 29.2. The minimum atomic E-state index is -0.187. The quantitative estimate of drug-likeness (QED) is 0.187. The summed E-state index contributed by atoms with van der Waals surface area (Å²) in [7, 11) is 0. The van der Waals surface area contributed by atoms with Gasteiger partial charge in [-0.15, -0.1) is 0 Å². The fourth-order valence-corrected chi connectivity index (χ4v) is 10.0. The van der Waals surface area contributed by atoms with Crippen LogP contribution in [0.4, 0.5) is 5.69 Å². The molecule has 1 atom stereocenters. The first-order chi connectivity index (χ1) is 25.5. The molecule has 0 spiro atoms. The molecule has 3 nitrogen and oxygen atoms in total. The van der Waals surface area contributed by atoms with Gasteiger partial charge in [0.1, 0.15) is 22.3 Å². The van der Waals surface area contributed by atoms with Gasteiger partial charge >= 0.3 is 0 Å². The van der Waals surface area contributed by atoms with Crippen molar-refractivity contribution in [1.82, 2.24) is 0 Å². The largest absolute Gasteiger partial charge is 0.456 e. The second kappa shape index (κ2) is 10.0. The molecule has 0 saturated carbocycles. The highest BCUT2D eigenvalue weighted by Gasteiger charge is 2.44. The fourth-order valence-electron chi connectivity index (χ4n) is 10.0. The van der Waals surface area contributed by atoms with E-state index in [2.05, 4.69) is 146 Å². The Morgan fingerprint density at radius 2 is 1.42 bits per heavy atom. The molecule has 8 aromatic rings. The van der Waals surface area contributed by atoms with Crippen LogP contribution in [-0.2, 0) is 5.41 Å². The summed E-state index contributed by atoms with van der Waals surface area (Å²) in [6.45, 7) is 4.87. The molecular weight excluding hydrogens is 635 g/mol. The number of rotatable bonds is 4. The zero-order chi connectivity index (χ0) is 34.3. The van der Waals surface area contributed by atoms with Gasteiger partial charge in [-0.1, -0.05) is 111 Å². The van der Waals surface area contributed by atoms with Gasteiger partial charge in [0.2, 0.25) is 0 Å². The minimum Gasteiger partial charge on any atom is -0.456 e. The van der Waals surface area contributed by atoms with Crippen LogP contribution in [0.5, 0.6) is 0 Å². The average molecular weight is 670 g/mol. The van der Waals surface area contributed by atoms with Gasteiger partial charge in [0, 0.05) is 50.0 Å². The standard InChI is InChI=1S/C49H35NO2/c1-49(2)39-26-30(50(40-24-19-29-25-38(29)40)31-20-22-34-33-13-8-9-17-41(33)51-43(34)27-31)21-23-37(39)46-47(49)36-15-7-6-14-35(36)45-44-32(28-11-4-3-5-12-28)16-10-18-42(44)52-48(45)46/h3-18,20-23,25,27,30H,19,24,26H2,1-2H3. The molecule has 0 fully saturated rings. The van der Waals surface area contributed by atoms with Crippen molar-refractivity contribution in [2.24, 2.45) is 0 Å². The van der Waals surface area contributed by atoms with Crippen molar-refractivity contribution in [2.75, 3.05) is 4.90 Å². The highest BCUT2D eigenvalue weighted by atomic mass is 16.3. The van der Waals surface area contributed by atoms with Crippen molar-refractivity contribution in [3.8, 4) is 11.1 Å². The van der Waals surface area contributed by atoms with Gasteiger partial charge < -0.3 is 13.7 Å². The maximum Gasteiger partial charge on any atom is 0.144 e. The third kappa shape index (κ3) is 3.75. The van der Waals surface area contributed by atoms with Crippen LogP contribution in [0.2, 0.25) is 0 Å². The molecule has 0 bridgehead atoms. The van der Waals surface area contributed by atoms with Gasteiger partial charge in [0.05, 0.1) is 6.04 Å². The Bertz CT molecular complexity index is 3010. The molecule has 248 valence electrons. The summed E-state index contributed by atoms with van der Waals surface area (Å²) in [5.41, 5.74) is 17.1. The van der Waals surface area contributed by atoms with Crippen molar-refractivity contribution in [3.05, 3.63) is 167 Å². The number of benzene rings is 6. The Kier molecular flexibility index (Phi) is 5.53. The van der Waals surface area contributed by atoms with Crippen molar-refractivity contribution in [3.63, 3.8) is 0 Å². The molecule has 0 saturated heterocycles. The third-order valence-electron chi connectivity index (χ3n) is 12.4. The van der Waals surface area contributed by atoms with Gasteiger partial charge in [-0.05, 0) is 99.4 Å². The molecule has 12 rings (SSSR count). The monoisotopic (exact) mass is 669 g/mol. The average Bonchev–Trinajstić information content (AvgIpc) is 3.42. The first-order valence-electron chi connectivity index (χ1n) is 18.6. The molecule has 2 heterocycles. The van der Waals surface area contributed by atoms with Crippen molar-refractivity contribution >= 4 is 65.9 Å². The molecular formula is C49H35NO2. The molecule has 0 N–H and O–H groups in total. The highest BCUT2D eigenvalue weighted by molar-refractivity contribution is 6.27. The van der Waals surface area contributed by atoms with Gasteiger partial charge in [0.15, 0.2) is 0 Å². The molecule has 6 aromatic carbocycles. The van der Waals surface area contributed by atoms with E-state index in [4.69, 9.17) is 8.83 Å². The minimum absolute atomic E-state index is 0.173. The van der Waals surface area contributed by atoms with Gasteiger partial charge in [-0.3, -0.25) is 0 Å². The number of allylic oxidation sites excluding steroid dienone is 6. The van der Waals surface area contributed by atoms with E-state index < -0.39 is 0 Å². The Morgan fingerprint density at radius 3 is 2.25 bits per heavy atom. The number of anilines is 1. The number of furan rings is 2. The lowest BCUT2D eigenvalue weighted by atomic mass is 9.75. The molecule has 1 unspecified atom stereocenters. The SMILES string of the molecule is CC1(C)C2=C(C=CC(N(C3=C4C=C4CC3)c3ccc4c(c3)oc3ccccc34)C2)c2c1c1ccccc1c1c2oc2cccc(-c3ccccc3)c21. The summed E-state index contributed by atoms with van der Waals surface area (Å²) in [6, 6.07) is 41.6. The molecule has 0 aliphatic heterocycles. The molecule has 4 aliphatic carbocycles. The van der Waals surface area contributed by atoms with E-state index in [-0.39, 0.29) is 11.5 Å². The molecule has 0 radical (unpaired) electrons. The zero-order valence-electron chi connectivity index (χ0n) is 29.2. The topological polar surface area (TPSA) is 29.5 Å². The second-order valence-corrected chi connectivity index (χ2v) is 15.5. The van der Waals surface area contributed by atoms with E-state index in [9.17, 15) is 0 Å². The van der Waals surface area contributed by atoms with Crippen molar-refractivity contribution in [1.29, 1.82) is 0 Å². The summed E-state index contributed by atoms with van der Waals surface area (Å²) in [5.74, 6) is 0. The van der Waals surface area contributed by atoms with Gasteiger partial charge in [-0.2, -0.15) is 0 Å². The second-order valence-electron chi connectivity index (χ2n) is 15.5. The predicted molar refractivity (Wildman–Crippen MR) is 215 cm³/mol. The first kappa shape index (κ1) is 28.6. The highest BCUT2D eigenvalue weighted by Crippen LogP contribution is 2.58. The lowest BCUT2D eigenvalue weighted by molar-refractivity contribution is 0.581. The maximum atomic E-state index is 7.01. The van der Waals surface area contributed by atoms with Gasteiger partial charge in [0.25, 0.3) is 0 Å². The fraction of sp³-hybridized carbons (Fsp3) is 0.143. The molecule has 4 aliphatic rings. The van der Waals surface area contributed by atoms with Gasteiger partial charge in [-0.25, -0.2) is 0 Å². The van der Waals surface area contributed by atoms with E-state index in [0.29, 0.717) is 0 Å². The Balaban J connectivity index is 1.05. The maximum absolute atomic E-state index is 7.01. The summed E-state index contributed by atoms with van der Waals surface area (Å²) < 4.78 is 13.4. The molecule has 3 heteroatoms. The van der Waals surface area contributed by atoms with Crippen LogP contribution in [0.15, 0.2) is 165 Å². The van der Waals surface area contributed by atoms with E-state index in [1.165, 1.54) is 88.2 Å². The smallest absolute Gasteiger partial charge is 0.144 e. The molecule has 52 heavy (non-hydrogen) atoms. The lowest BCUT2D eigenvalue weighted by Crippen LogP contribution is -2.36. The van der Waals surface area contributed by atoms with Crippen LogP contribution >= 0.6 is 0 Å². The lowest BCUT2D eigenvalue weighted by Gasteiger charge is -2.38. The van der Waals surface area contributed by atoms with E-state index in [1.54, 1.807) is 0 Å². The number of hydrogen-bond donors (Lipinski definition) is 0. The number of para-hydroxylation sites is 1. The van der Waals surface area contributed by atoms with E-state index in [1.807, 2.05) is 6.07 Å². The number of fused-ring (bicyclic) bond motifs is 13. The van der Waals surface area contributed by atoms with Crippen LogP contribution in [-0.4, -0.2) is 6.04 Å². The summed E-state index contributed by atoms with van der Waals surface area (Å²) >= 11 is 0.